The van der Waals surface area contributed by atoms with Gasteiger partial charge in [-0.2, -0.15) is 5.26 Å². The summed E-state index contributed by atoms with van der Waals surface area (Å²) in [5.74, 6) is -0.297. The maximum absolute atomic E-state index is 12.5. The molecule has 1 aliphatic rings. The summed E-state index contributed by atoms with van der Waals surface area (Å²) in [6, 6.07) is 5.58. The molecule has 0 aliphatic carbocycles. The molecular weight excluding hydrogens is 292 g/mol. The fourth-order valence-corrected chi connectivity index (χ4v) is 2.55. The average molecular weight is 314 g/mol. The molecule has 6 nitrogen and oxygen atoms in total. The summed E-state index contributed by atoms with van der Waals surface area (Å²) >= 11 is 0. The predicted octanol–water partition coefficient (Wildman–Crippen LogP) is 1.82. The van der Waals surface area contributed by atoms with Crippen molar-refractivity contribution in [2.75, 3.05) is 30.4 Å². The van der Waals surface area contributed by atoms with Gasteiger partial charge in [0, 0.05) is 13.6 Å². The molecule has 0 bridgehead atoms. The smallest absolute Gasteiger partial charge is 0.249 e. The molecule has 0 spiro atoms. The molecule has 1 heterocycles. The van der Waals surface area contributed by atoms with E-state index >= 15 is 0 Å². The number of nitrogens with one attached hydrogen (secondary N) is 1. The topological polar surface area (TPSA) is 76.4 Å². The molecule has 0 saturated heterocycles. The molecule has 6 heteroatoms. The van der Waals surface area contributed by atoms with Crippen molar-refractivity contribution in [3.8, 4) is 6.07 Å². The van der Waals surface area contributed by atoms with Crippen LogP contribution in [0.2, 0.25) is 0 Å². The maximum atomic E-state index is 12.5. The number of aryl methyl sites for hydroxylation is 2. The van der Waals surface area contributed by atoms with Crippen LogP contribution in [0.25, 0.3) is 0 Å². The number of hydrogen-bond donors (Lipinski definition) is 1. The van der Waals surface area contributed by atoms with Crippen molar-refractivity contribution in [1.29, 1.82) is 5.26 Å². The Morgan fingerprint density at radius 2 is 2.04 bits per heavy atom. The normalized spacial score (nSPS) is 16.4. The molecule has 1 aliphatic heterocycles. The molecule has 0 radical (unpaired) electrons. The first kappa shape index (κ1) is 16.8. The van der Waals surface area contributed by atoms with E-state index in [1.54, 1.807) is 14.0 Å². The van der Waals surface area contributed by atoms with Crippen LogP contribution in [-0.4, -0.2) is 42.9 Å². The number of benzene rings is 1. The van der Waals surface area contributed by atoms with Crippen molar-refractivity contribution < 1.29 is 9.59 Å². The lowest BCUT2D eigenvalue weighted by Crippen LogP contribution is -2.50. The van der Waals surface area contributed by atoms with Crippen LogP contribution >= 0.6 is 0 Å². The van der Waals surface area contributed by atoms with Gasteiger partial charge >= 0.3 is 0 Å². The van der Waals surface area contributed by atoms with E-state index in [0.717, 1.165) is 22.5 Å². The summed E-state index contributed by atoms with van der Waals surface area (Å²) in [6.07, 6.45) is 0.281. The quantitative estimate of drug-likeness (QED) is 0.920. The monoisotopic (exact) mass is 314 g/mol. The zero-order valence-corrected chi connectivity index (χ0v) is 14.0. The van der Waals surface area contributed by atoms with Gasteiger partial charge in [0.15, 0.2) is 0 Å². The third-order valence-corrected chi connectivity index (χ3v) is 4.19. The van der Waals surface area contributed by atoms with Crippen LogP contribution in [0.5, 0.6) is 0 Å². The van der Waals surface area contributed by atoms with Crippen LogP contribution in [-0.2, 0) is 9.59 Å². The predicted molar refractivity (Wildman–Crippen MR) is 89.2 cm³/mol. The molecule has 1 unspecified atom stereocenters. The minimum Gasteiger partial charge on any atom is -0.372 e. The van der Waals surface area contributed by atoms with Crippen molar-refractivity contribution in [3.05, 3.63) is 23.3 Å². The number of likely N-dealkylation sites (N-methyl/N-ethyl adjacent to an activating group) is 1. The Morgan fingerprint density at radius 1 is 1.39 bits per heavy atom. The van der Waals surface area contributed by atoms with Crippen molar-refractivity contribution in [1.82, 2.24) is 4.90 Å². The lowest BCUT2D eigenvalue weighted by Gasteiger charge is -2.35. The first-order valence-corrected chi connectivity index (χ1v) is 7.65. The van der Waals surface area contributed by atoms with Gasteiger partial charge < -0.3 is 10.2 Å². The number of fused-ring (bicyclic) bond motifs is 1. The van der Waals surface area contributed by atoms with Gasteiger partial charge in [-0.15, -0.1) is 0 Å². The summed E-state index contributed by atoms with van der Waals surface area (Å²) in [5.41, 5.74) is 3.81. The third-order valence-electron chi connectivity index (χ3n) is 4.19. The van der Waals surface area contributed by atoms with Crippen molar-refractivity contribution in [2.45, 2.75) is 33.2 Å². The summed E-state index contributed by atoms with van der Waals surface area (Å²) in [4.78, 5) is 27.9. The van der Waals surface area contributed by atoms with Crippen LogP contribution in [0.3, 0.4) is 0 Å². The highest BCUT2D eigenvalue weighted by atomic mass is 16.2. The van der Waals surface area contributed by atoms with Crippen LogP contribution in [0, 0.1) is 25.2 Å². The van der Waals surface area contributed by atoms with Gasteiger partial charge in [-0.1, -0.05) is 0 Å². The van der Waals surface area contributed by atoms with Gasteiger partial charge in [-0.25, -0.2) is 0 Å². The average Bonchev–Trinajstić information content (AvgIpc) is 2.51. The Hall–Kier alpha value is -2.55. The van der Waals surface area contributed by atoms with E-state index in [1.165, 1.54) is 9.80 Å². The minimum absolute atomic E-state index is 0.0116. The lowest BCUT2D eigenvalue weighted by molar-refractivity contribution is -0.130. The number of nitrogens with zero attached hydrogens (tertiary/aromatic N) is 3. The lowest BCUT2D eigenvalue weighted by atomic mass is 10.0. The van der Waals surface area contributed by atoms with Crippen LogP contribution in [0.4, 0.5) is 11.4 Å². The second kappa shape index (κ2) is 6.69. The molecule has 0 aromatic heterocycles. The van der Waals surface area contributed by atoms with Crippen molar-refractivity contribution in [3.63, 3.8) is 0 Å². The molecule has 2 amide bonds. The molecule has 1 aromatic rings. The number of carbonyl (C=O) groups is 2. The minimum atomic E-state index is -0.373. The van der Waals surface area contributed by atoms with Gasteiger partial charge in [0.25, 0.3) is 0 Å². The first-order valence-electron chi connectivity index (χ1n) is 7.65. The number of nitriles is 1. The van der Waals surface area contributed by atoms with Crippen LogP contribution in [0.1, 0.15) is 24.5 Å². The Kier molecular flexibility index (Phi) is 4.89. The van der Waals surface area contributed by atoms with Crippen LogP contribution < -0.4 is 10.2 Å². The van der Waals surface area contributed by atoms with Crippen molar-refractivity contribution >= 4 is 23.2 Å². The van der Waals surface area contributed by atoms with E-state index in [0.29, 0.717) is 6.54 Å². The molecule has 1 aromatic carbocycles. The number of amides is 2. The highest BCUT2D eigenvalue weighted by Crippen LogP contribution is 2.34. The van der Waals surface area contributed by atoms with E-state index < -0.39 is 0 Å². The second-order valence-corrected chi connectivity index (χ2v) is 5.97. The summed E-state index contributed by atoms with van der Waals surface area (Å²) in [5, 5.41) is 11.8. The summed E-state index contributed by atoms with van der Waals surface area (Å²) in [7, 11) is 1.65. The van der Waals surface area contributed by atoms with Gasteiger partial charge in [-0.05, 0) is 44.0 Å². The molecule has 0 fully saturated rings. The SMILES string of the molecule is Cc1cc2c(cc1C)N(CC(=O)N(C)CCC#N)C(=O)C(C)N2. The second-order valence-electron chi connectivity index (χ2n) is 5.97. The van der Waals surface area contributed by atoms with Gasteiger partial charge in [-0.3, -0.25) is 14.5 Å². The number of hydrogen-bond acceptors (Lipinski definition) is 4. The Morgan fingerprint density at radius 3 is 2.70 bits per heavy atom. The zero-order valence-electron chi connectivity index (χ0n) is 14.0. The summed E-state index contributed by atoms with van der Waals surface area (Å²) < 4.78 is 0. The third kappa shape index (κ3) is 3.45. The standard InChI is InChI=1S/C17H22N4O2/c1-11-8-14-15(9-12(11)2)21(17(23)13(3)19-14)10-16(22)20(4)7-5-6-18/h8-9,13,19H,5,7,10H2,1-4H3. The van der Waals surface area contributed by atoms with Crippen LogP contribution in [0.15, 0.2) is 12.1 Å². The number of anilines is 2. The Labute approximate surface area is 136 Å². The molecule has 0 saturated carbocycles. The first-order chi connectivity index (χ1) is 10.8. The molecule has 23 heavy (non-hydrogen) atoms. The molecular formula is C17H22N4O2. The molecule has 1 atom stereocenters. The summed E-state index contributed by atoms with van der Waals surface area (Å²) in [6.45, 7) is 6.14. The highest BCUT2D eigenvalue weighted by molar-refractivity contribution is 6.07. The van der Waals surface area contributed by atoms with Gasteiger partial charge in [0.1, 0.15) is 12.6 Å². The van der Waals surface area contributed by atoms with Crippen molar-refractivity contribution in [2.24, 2.45) is 0 Å². The molecule has 2 rings (SSSR count). The van der Waals surface area contributed by atoms with E-state index in [4.69, 9.17) is 5.26 Å². The van der Waals surface area contributed by atoms with E-state index in [1.807, 2.05) is 32.0 Å². The number of rotatable bonds is 4. The van der Waals surface area contributed by atoms with E-state index in [9.17, 15) is 9.59 Å². The Balaban J connectivity index is 2.28. The fraction of sp³-hybridized carbons (Fsp3) is 0.471. The number of carbonyl (C=O) groups excluding carboxylic acids is 2. The Bertz CT molecular complexity index is 678. The van der Waals surface area contributed by atoms with Gasteiger partial charge in [0.05, 0.1) is 23.9 Å². The molecule has 122 valence electrons. The highest BCUT2D eigenvalue weighted by Gasteiger charge is 2.31. The largest absolute Gasteiger partial charge is 0.372 e. The van der Waals surface area contributed by atoms with E-state index in [-0.39, 0.29) is 30.8 Å². The maximum Gasteiger partial charge on any atom is 0.249 e. The van der Waals surface area contributed by atoms with E-state index in [2.05, 4.69) is 5.32 Å². The van der Waals surface area contributed by atoms with Gasteiger partial charge in [0.2, 0.25) is 11.8 Å². The zero-order chi connectivity index (χ0) is 17.1. The molecule has 1 N–H and O–H groups in total. The fourth-order valence-electron chi connectivity index (χ4n) is 2.55.